The van der Waals surface area contributed by atoms with Crippen molar-refractivity contribution in [1.82, 2.24) is 0 Å². The lowest BCUT2D eigenvalue weighted by Gasteiger charge is -2.55. The van der Waals surface area contributed by atoms with Gasteiger partial charge in [-0.15, -0.1) is 0 Å². The molecule has 4 aliphatic rings. The van der Waals surface area contributed by atoms with Crippen LogP contribution in [0, 0.1) is 23.7 Å². The number of benzene rings is 4. The summed E-state index contributed by atoms with van der Waals surface area (Å²) in [5.74, 6) is -4.53. The Kier molecular flexibility index (Phi) is 8.55. The highest BCUT2D eigenvalue weighted by Crippen LogP contribution is 2.65. The molecule has 4 aromatic carbocycles. The fourth-order valence-corrected chi connectivity index (χ4v) is 10.3. The van der Waals surface area contributed by atoms with Gasteiger partial charge < -0.3 is 9.84 Å². The van der Waals surface area contributed by atoms with E-state index < -0.39 is 35.0 Å². The van der Waals surface area contributed by atoms with Gasteiger partial charge in [0.1, 0.15) is 0 Å². The van der Waals surface area contributed by atoms with Crippen LogP contribution in [0.25, 0.3) is 5.57 Å². The number of allylic oxidation sites excluding steroid dienone is 4. The number of phenolic OH excluding ortho intramolecular Hbond substituents is 1. The topological polar surface area (TPSA) is 101 Å². The SMILES string of the molecule is COc1cc(C2C3=CCC4C(=O)N(c5ccc(Br)cc5)C(=O)C4C3CC3C(=O)C(c4ccccc4)=CC(=O)C32c2ccccc2)c(Br)c(Br)c1O. The molecule has 0 aromatic heterocycles. The van der Waals surface area contributed by atoms with Gasteiger partial charge in [-0.1, -0.05) is 88.2 Å². The standard InChI is InChI=1S/C41H30Br3NO6/c1-51-31-19-29(35(43)36(44)38(31)48)34-25-16-17-26-33(40(50)45(39(26)49)24-14-12-23(42)13-15-24)28(25)18-30-37(47)27(21-8-4-2-5-9-21)20-32(46)41(30,34)22-10-6-3-7-11-22/h2-16,19-20,26,28,30,33-34,48H,17-18H2,1H3. The minimum absolute atomic E-state index is 0.123. The zero-order chi connectivity index (χ0) is 35.8. The first kappa shape index (κ1) is 34.0. The van der Waals surface area contributed by atoms with E-state index in [-0.39, 0.29) is 41.3 Å². The number of hydrogen-bond donors (Lipinski definition) is 1. The van der Waals surface area contributed by atoms with Crippen molar-refractivity contribution in [1.29, 1.82) is 0 Å². The lowest BCUT2D eigenvalue weighted by atomic mass is 9.44. The second-order valence-electron chi connectivity index (χ2n) is 13.4. The van der Waals surface area contributed by atoms with Crippen LogP contribution in [0.1, 0.15) is 35.4 Å². The highest BCUT2D eigenvalue weighted by Gasteiger charge is 2.66. The van der Waals surface area contributed by atoms with E-state index in [1.807, 2.05) is 66.7 Å². The Bertz CT molecular complexity index is 2200. The molecule has 1 saturated carbocycles. The number of carbonyl (C=O) groups excluding carboxylic acids is 4. The first-order valence-electron chi connectivity index (χ1n) is 16.6. The number of phenols is 1. The van der Waals surface area contributed by atoms with E-state index in [4.69, 9.17) is 4.74 Å². The van der Waals surface area contributed by atoms with Crippen LogP contribution in [-0.4, -0.2) is 35.6 Å². The van der Waals surface area contributed by atoms with Crippen LogP contribution in [0.3, 0.4) is 0 Å². The Morgan fingerprint density at radius 1 is 0.824 bits per heavy atom. The monoisotopic (exact) mass is 869 g/mol. The van der Waals surface area contributed by atoms with Gasteiger partial charge in [0.25, 0.3) is 0 Å². The van der Waals surface area contributed by atoms with Crippen molar-refractivity contribution in [3.8, 4) is 11.5 Å². The van der Waals surface area contributed by atoms with Gasteiger partial charge in [0.15, 0.2) is 23.1 Å². The molecule has 256 valence electrons. The van der Waals surface area contributed by atoms with Gasteiger partial charge >= 0.3 is 0 Å². The zero-order valence-electron chi connectivity index (χ0n) is 27.2. The Morgan fingerprint density at radius 2 is 1.49 bits per heavy atom. The molecular weight excluding hydrogens is 842 g/mol. The number of imide groups is 1. The van der Waals surface area contributed by atoms with Crippen LogP contribution in [0.2, 0.25) is 0 Å². The number of ether oxygens (including phenoxy) is 1. The summed E-state index contributed by atoms with van der Waals surface area (Å²) in [6, 6.07) is 27.3. The number of methoxy groups -OCH3 is 1. The lowest BCUT2D eigenvalue weighted by molar-refractivity contribution is -0.135. The van der Waals surface area contributed by atoms with Crippen LogP contribution < -0.4 is 9.64 Å². The molecule has 0 radical (unpaired) electrons. The minimum atomic E-state index is -1.42. The summed E-state index contributed by atoms with van der Waals surface area (Å²) in [6.45, 7) is 0. The largest absolute Gasteiger partial charge is 0.503 e. The summed E-state index contributed by atoms with van der Waals surface area (Å²) >= 11 is 10.7. The van der Waals surface area contributed by atoms with Crippen molar-refractivity contribution in [2.24, 2.45) is 23.7 Å². The van der Waals surface area contributed by atoms with Crippen molar-refractivity contribution < 1.29 is 29.0 Å². The number of hydrogen-bond acceptors (Lipinski definition) is 6. The van der Waals surface area contributed by atoms with Gasteiger partial charge in [-0.2, -0.15) is 0 Å². The van der Waals surface area contributed by atoms with Gasteiger partial charge in [-0.3, -0.25) is 24.1 Å². The van der Waals surface area contributed by atoms with Crippen molar-refractivity contribution in [2.45, 2.75) is 24.2 Å². The number of ketones is 2. The average Bonchev–Trinajstić information content (AvgIpc) is 3.41. The maximum absolute atomic E-state index is 15.3. The number of anilines is 1. The first-order valence-corrected chi connectivity index (χ1v) is 19.0. The van der Waals surface area contributed by atoms with Crippen LogP contribution in [0.15, 0.2) is 122 Å². The van der Waals surface area contributed by atoms with Gasteiger partial charge in [0, 0.05) is 26.4 Å². The smallest absolute Gasteiger partial charge is 0.238 e. The van der Waals surface area contributed by atoms with Crippen molar-refractivity contribution in [3.05, 3.63) is 139 Å². The summed E-state index contributed by atoms with van der Waals surface area (Å²) < 4.78 is 7.27. The average molecular weight is 872 g/mol. The maximum atomic E-state index is 15.3. The molecule has 2 amide bonds. The molecule has 8 rings (SSSR count). The zero-order valence-corrected chi connectivity index (χ0v) is 31.9. The Balaban J connectivity index is 1.40. The predicted molar refractivity (Wildman–Crippen MR) is 203 cm³/mol. The van der Waals surface area contributed by atoms with Crippen LogP contribution >= 0.6 is 47.8 Å². The first-order chi connectivity index (χ1) is 24.6. The molecule has 1 saturated heterocycles. The van der Waals surface area contributed by atoms with E-state index in [9.17, 15) is 14.7 Å². The van der Waals surface area contributed by atoms with E-state index in [0.29, 0.717) is 43.3 Å². The summed E-state index contributed by atoms with van der Waals surface area (Å²) in [4.78, 5) is 60.3. The summed E-state index contributed by atoms with van der Waals surface area (Å²) in [7, 11) is 1.45. The number of carbonyl (C=O) groups is 4. The van der Waals surface area contributed by atoms with Crippen LogP contribution in [0.5, 0.6) is 11.5 Å². The molecule has 4 aromatic rings. The molecular formula is C41H30Br3NO6. The molecule has 7 nitrogen and oxygen atoms in total. The molecule has 6 unspecified atom stereocenters. The number of nitrogens with zero attached hydrogens (tertiary/aromatic N) is 1. The molecule has 1 N–H and O–H groups in total. The molecule has 51 heavy (non-hydrogen) atoms. The van der Waals surface area contributed by atoms with E-state index in [0.717, 1.165) is 10.0 Å². The van der Waals surface area contributed by atoms with Crippen LogP contribution in [0.4, 0.5) is 5.69 Å². The quantitative estimate of drug-likeness (QED) is 0.159. The second-order valence-corrected chi connectivity index (χ2v) is 15.9. The summed E-state index contributed by atoms with van der Waals surface area (Å²) in [6.07, 6.45) is 3.98. The van der Waals surface area contributed by atoms with Gasteiger partial charge in [-0.25, -0.2) is 0 Å². The van der Waals surface area contributed by atoms with E-state index in [1.165, 1.54) is 18.1 Å². The number of fused-ring (bicyclic) bond motifs is 4. The lowest BCUT2D eigenvalue weighted by Crippen LogP contribution is -2.59. The normalized spacial score (nSPS) is 27.0. The predicted octanol–water partition coefficient (Wildman–Crippen LogP) is 8.72. The summed E-state index contributed by atoms with van der Waals surface area (Å²) in [5, 5.41) is 11.0. The van der Waals surface area contributed by atoms with Gasteiger partial charge in [0.2, 0.25) is 11.8 Å². The van der Waals surface area contributed by atoms with Crippen molar-refractivity contribution in [3.63, 3.8) is 0 Å². The molecule has 1 heterocycles. The van der Waals surface area contributed by atoms with Gasteiger partial charge in [0.05, 0.1) is 34.5 Å². The van der Waals surface area contributed by atoms with Crippen molar-refractivity contribution in [2.75, 3.05) is 12.0 Å². The highest BCUT2D eigenvalue weighted by atomic mass is 79.9. The third-order valence-corrected chi connectivity index (χ3v) is 13.9. The molecule has 3 aliphatic carbocycles. The Morgan fingerprint density at radius 3 is 2.16 bits per heavy atom. The van der Waals surface area contributed by atoms with E-state index in [2.05, 4.69) is 47.8 Å². The molecule has 0 bridgehead atoms. The van der Waals surface area contributed by atoms with Crippen molar-refractivity contribution >= 4 is 82.4 Å². The fourth-order valence-electron chi connectivity index (χ4n) is 9.04. The maximum Gasteiger partial charge on any atom is 0.238 e. The third kappa shape index (κ3) is 5.00. The van der Waals surface area contributed by atoms with Crippen LogP contribution in [-0.2, 0) is 24.6 Å². The second kappa shape index (κ2) is 12.8. The highest BCUT2D eigenvalue weighted by molar-refractivity contribution is 9.13. The Hall–Kier alpha value is -4.12. The van der Waals surface area contributed by atoms with E-state index in [1.54, 1.807) is 30.3 Å². The Labute approximate surface area is 319 Å². The molecule has 10 heteroatoms. The number of rotatable bonds is 5. The molecule has 2 fully saturated rings. The number of aromatic hydroxyl groups is 1. The molecule has 0 spiro atoms. The number of halogens is 3. The third-order valence-electron chi connectivity index (χ3n) is 11.2. The number of amides is 2. The number of Topliss-reactive ketones (excluding diaryl/α,β-unsaturated/α-hetero) is 1. The molecule has 6 atom stereocenters. The minimum Gasteiger partial charge on any atom is -0.503 e. The fraction of sp³-hybridized carbons (Fsp3) is 0.220. The van der Waals surface area contributed by atoms with Gasteiger partial charge in [-0.05, 0) is 104 Å². The molecule has 1 aliphatic heterocycles. The summed E-state index contributed by atoms with van der Waals surface area (Å²) in [5.41, 5.74) is 2.12. The van der Waals surface area contributed by atoms with E-state index >= 15 is 9.59 Å².